The molecule has 0 radical (unpaired) electrons. The van der Waals surface area contributed by atoms with E-state index in [0.29, 0.717) is 23.0 Å². The fraction of sp³-hybridized carbons (Fsp3) is 0.333. The largest absolute Gasteiger partial charge is 0.485 e. The van der Waals surface area contributed by atoms with Crippen molar-refractivity contribution >= 4 is 17.7 Å². The highest BCUT2D eigenvalue weighted by atomic mass is 16.6. The molecule has 0 bridgehead atoms. The number of nitrogens with one attached hydrogen (secondary N) is 1. The van der Waals surface area contributed by atoms with Crippen LogP contribution in [0.1, 0.15) is 49.2 Å². The molecule has 0 fully saturated rings. The third-order valence-electron chi connectivity index (χ3n) is 5.42. The van der Waals surface area contributed by atoms with Crippen molar-refractivity contribution in [3.8, 4) is 11.5 Å². The molecule has 4 rings (SSSR count). The van der Waals surface area contributed by atoms with E-state index in [2.05, 4.69) is 39.7 Å². The van der Waals surface area contributed by atoms with Gasteiger partial charge in [0.25, 0.3) is 5.91 Å². The Labute approximate surface area is 187 Å². The van der Waals surface area contributed by atoms with Gasteiger partial charge in [-0.1, -0.05) is 55.3 Å². The van der Waals surface area contributed by atoms with Crippen molar-refractivity contribution in [2.45, 2.75) is 38.7 Å². The van der Waals surface area contributed by atoms with Crippen molar-refractivity contribution in [1.29, 1.82) is 0 Å². The first-order valence-electron chi connectivity index (χ1n) is 10.9. The summed E-state index contributed by atoms with van der Waals surface area (Å²) in [4.78, 5) is 14.4. The van der Waals surface area contributed by atoms with Crippen molar-refractivity contribution in [2.75, 3.05) is 18.6 Å². The van der Waals surface area contributed by atoms with Crippen molar-refractivity contribution in [1.82, 2.24) is 20.6 Å². The first kappa shape index (κ1) is 21.5. The van der Waals surface area contributed by atoms with Gasteiger partial charge in [0.05, 0.1) is 5.69 Å². The van der Waals surface area contributed by atoms with E-state index in [-0.39, 0.29) is 12.5 Å². The lowest BCUT2D eigenvalue weighted by Crippen LogP contribution is -2.28. The topological polar surface area (TPSA) is 93.2 Å². The minimum atomic E-state index is -0.503. The lowest BCUT2D eigenvalue weighted by molar-refractivity contribution is -0.113. The van der Waals surface area contributed by atoms with Crippen LogP contribution in [-0.4, -0.2) is 40.2 Å². The monoisotopic (exact) mass is 433 g/mol. The minimum Gasteiger partial charge on any atom is -0.485 e. The molecule has 8 heteroatoms. The fourth-order valence-electron chi connectivity index (χ4n) is 3.55. The molecular weight excluding hydrogens is 406 g/mol. The van der Waals surface area contributed by atoms with Crippen LogP contribution in [-0.2, 0) is 11.2 Å². The van der Waals surface area contributed by atoms with Gasteiger partial charge in [-0.05, 0) is 42.2 Å². The van der Waals surface area contributed by atoms with Gasteiger partial charge in [0.15, 0.2) is 17.6 Å². The molecule has 1 N–H and O–H groups in total. The number of anilines is 1. The number of rotatable bonds is 8. The molecule has 1 unspecified atom stereocenters. The van der Waals surface area contributed by atoms with Gasteiger partial charge in [-0.25, -0.2) is 0 Å². The molecule has 1 aliphatic rings. The first-order chi connectivity index (χ1) is 15.7. The van der Waals surface area contributed by atoms with Crippen molar-refractivity contribution in [3.05, 3.63) is 65.5 Å². The van der Waals surface area contributed by atoms with Gasteiger partial charge >= 0.3 is 0 Å². The van der Waals surface area contributed by atoms with E-state index >= 15 is 0 Å². The zero-order chi connectivity index (χ0) is 22.3. The number of unbranched alkanes of at least 4 members (excludes halogenated alkanes) is 2. The van der Waals surface area contributed by atoms with Gasteiger partial charge in [0, 0.05) is 13.1 Å². The Kier molecular flexibility index (Phi) is 6.79. The first-order valence-corrected chi connectivity index (χ1v) is 10.9. The third-order valence-corrected chi connectivity index (χ3v) is 5.42. The maximum atomic E-state index is 12.9. The second-order valence-electron chi connectivity index (χ2n) is 7.72. The van der Waals surface area contributed by atoms with Crippen LogP contribution >= 0.6 is 0 Å². The quantitative estimate of drug-likeness (QED) is 0.424. The molecule has 2 aromatic carbocycles. The molecule has 1 aromatic heterocycles. The summed E-state index contributed by atoms with van der Waals surface area (Å²) in [7, 11) is 1.71. The second-order valence-corrected chi connectivity index (χ2v) is 7.72. The van der Waals surface area contributed by atoms with Crippen LogP contribution in [0.5, 0.6) is 11.5 Å². The maximum Gasteiger partial charge on any atom is 0.250 e. The Morgan fingerprint density at radius 2 is 2.06 bits per heavy atom. The molecule has 2 heterocycles. The van der Waals surface area contributed by atoms with Crippen LogP contribution < -0.4 is 14.4 Å². The van der Waals surface area contributed by atoms with Gasteiger partial charge in [-0.2, -0.15) is 5.21 Å². The molecule has 1 aliphatic heterocycles. The van der Waals surface area contributed by atoms with E-state index in [1.807, 2.05) is 36.4 Å². The predicted molar refractivity (Wildman–Crippen MR) is 122 cm³/mol. The smallest absolute Gasteiger partial charge is 0.250 e. The van der Waals surface area contributed by atoms with E-state index in [0.717, 1.165) is 12.0 Å². The number of aromatic amines is 1. The lowest BCUT2D eigenvalue weighted by atomic mass is 10.1. The van der Waals surface area contributed by atoms with Crippen LogP contribution in [0.3, 0.4) is 0 Å². The average molecular weight is 434 g/mol. The number of nitrogens with zero attached hydrogens (tertiary/aromatic N) is 4. The highest BCUT2D eigenvalue weighted by Gasteiger charge is 2.29. The third kappa shape index (κ3) is 4.96. The van der Waals surface area contributed by atoms with E-state index in [4.69, 9.17) is 9.47 Å². The Morgan fingerprint density at radius 1 is 1.22 bits per heavy atom. The van der Waals surface area contributed by atoms with Gasteiger partial charge in [0.1, 0.15) is 6.61 Å². The van der Waals surface area contributed by atoms with Crippen molar-refractivity contribution in [3.63, 3.8) is 0 Å². The molecule has 1 atom stereocenters. The van der Waals surface area contributed by atoms with Crippen LogP contribution in [0.15, 0.2) is 48.5 Å². The summed E-state index contributed by atoms with van der Waals surface area (Å²) in [5.74, 6) is 1.28. The number of aryl methyl sites for hydroxylation is 1. The maximum absolute atomic E-state index is 12.9. The highest BCUT2D eigenvalue weighted by molar-refractivity contribution is 6.04. The van der Waals surface area contributed by atoms with Crippen LogP contribution in [0.2, 0.25) is 0 Å². The van der Waals surface area contributed by atoms with E-state index in [1.165, 1.54) is 29.7 Å². The van der Waals surface area contributed by atoms with Crippen molar-refractivity contribution in [2.24, 2.45) is 0 Å². The van der Waals surface area contributed by atoms with Gasteiger partial charge in [-0.15, -0.1) is 10.2 Å². The fourth-order valence-corrected chi connectivity index (χ4v) is 3.55. The van der Waals surface area contributed by atoms with Gasteiger partial charge in [0.2, 0.25) is 5.82 Å². The average Bonchev–Trinajstić information content (AvgIpc) is 3.37. The number of carbonyl (C=O) groups excluding carboxylic acids is 1. The van der Waals surface area contributed by atoms with Crippen LogP contribution in [0.4, 0.5) is 5.69 Å². The van der Waals surface area contributed by atoms with Gasteiger partial charge < -0.3 is 14.4 Å². The number of fused-ring (bicyclic) bond motifs is 1. The van der Waals surface area contributed by atoms with E-state index < -0.39 is 6.10 Å². The Morgan fingerprint density at radius 3 is 2.81 bits per heavy atom. The normalized spacial score (nSPS) is 15.1. The number of amides is 1. The predicted octanol–water partition coefficient (Wildman–Crippen LogP) is 4.12. The molecule has 0 saturated carbocycles. The van der Waals surface area contributed by atoms with Gasteiger partial charge in [-0.3, -0.25) is 4.79 Å². The number of benzene rings is 2. The number of hydrogen-bond donors (Lipinski definition) is 1. The summed E-state index contributed by atoms with van der Waals surface area (Å²) in [6.07, 6.45) is 7.64. The zero-order valence-electron chi connectivity index (χ0n) is 18.3. The Balaban J connectivity index is 1.44. The number of ether oxygens (including phenoxy) is 2. The number of para-hydroxylation sites is 1. The van der Waals surface area contributed by atoms with E-state index in [9.17, 15) is 4.79 Å². The number of aromatic nitrogens is 4. The van der Waals surface area contributed by atoms with Crippen LogP contribution in [0.25, 0.3) is 6.08 Å². The molecule has 3 aromatic rings. The zero-order valence-corrected chi connectivity index (χ0v) is 18.3. The number of tetrazole rings is 1. The molecule has 0 spiro atoms. The summed E-state index contributed by atoms with van der Waals surface area (Å²) in [6, 6.07) is 13.8. The Hall–Kier alpha value is -3.68. The molecule has 1 amide bonds. The van der Waals surface area contributed by atoms with Crippen molar-refractivity contribution < 1.29 is 14.3 Å². The molecule has 0 aliphatic carbocycles. The number of likely N-dealkylation sites (N-methyl/N-ethyl adjacent to an activating group) is 1. The summed E-state index contributed by atoms with van der Waals surface area (Å²) in [6.45, 7) is 2.47. The SMILES string of the molecule is CCCCCc1ccc(C=CC(=O)N(C)c2cccc3c2OC(c2nn[nH]n2)CO3)cc1. The molecule has 166 valence electrons. The summed E-state index contributed by atoms with van der Waals surface area (Å²) in [5, 5.41) is 13.9. The lowest BCUT2D eigenvalue weighted by Gasteiger charge is -2.28. The summed E-state index contributed by atoms with van der Waals surface area (Å²) < 4.78 is 11.9. The minimum absolute atomic E-state index is 0.171. The molecule has 8 nitrogen and oxygen atoms in total. The summed E-state index contributed by atoms with van der Waals surface area (Å²) >= 11 is 0. The number of carbonyl (C=O) groups is 1. The number of H-pyrrole nitrogens is 1. The van der Waals surface area contributed by atoms with E-state index in [1.54, 1.807) is 13.1 Å². The molecule has 32 heavy (non-hydrogen) atoms. The second kappa shape index (κ2) is 10.1. The Bertz CT molecular complexity index is 1060. The molecule has 0 saturated heterocycles. The summed E-state index contributed by atoms with van der Waals surface area (Å²) in [5.41, 5.74) is 2.91. The standard InChI is InChI=1S/C24H27N5O3/c1-3-4-5-7-17-10-12-18(13-11-17)14-15-22(30)29(2)19-8-6-9-20-23(19)32-21(16-31-20)24-25-27-28-26-24/h6,8-15,21H,3-5,7,16H2,1-2H3,(H,25,26,27,28). The molecular formula is C24H27N5O3. The number of hydrogen-bond acceptors (Lipinski definition) is 6. The van der Waals surface area contributed by atoms with Crippen LogP contribution in [0, 0.1) is 0 Å². The highest BCUT2D eigenvalue weighted by Crippen LogP contribution is 2.42.